The molecule has 0 saturated heterocycles. The van der Waals surface area contributed by atoms with Crippen LogP contribution in [-0.4, -0.2) is 18.2 Å². The Kier molecular flexibility index (Phi) is 5.68. The van der Waals surface area contributed by atoms with Crippen molar-refractivity contribution in [2.75, 3.05) is 22.1 Å². The summed E-state index contributed by atoms with van der Waals surface area (Å²) in [6.07, 6.45) is 3.66. The van der Waals surface area contributed by atoms with Crippen LogP contribution in [0.3, 0.4) is 0 Å². The minimum atomic E-state index is -0.504. The lowest BCUT2D eigenvalue weighted by atomic mass is 9.88. The van der Waals surface area contributed by atoms with E-state index in [2.05, 4.69) is 10.6 Å². The van der Waals surface area contributed by atoms with Gasteiger partial charge in [0.25, 0.3) is 0 Å². The Bertz CT molecular complexity index is 1250. The maximum absolute atomic E-state index is 13.3. The fourth-order valence-corrected chi connectivity index (χ4v) is 4.86. The second kappa shape index (κ2) is 8.79. The van der Waals surface area contributed by atoms with Crippen LogP contribution in [0.2, 0.25) is 5.02 Å². The van der Waals surface area contributed by atoms with E-state index in [1.807, 2.05) is 54.3 Å². The summed E-state index contributed by atoms with van der Waals surface area (Å²) in [6, 6.07) is 16.3. The highest BCUT2D eigenvalue weighted by Crippen LogP contribution is 2.44. The molecule has 2 N–H and O–H groups in total. The van der Waals surface area contributed by atoms with Crippen molar-refractivity contribution >= 4 is 40.4 Å². The molecule has 0 fully saturated rings. The summed E-state index contributed by atoms with van der Waals surface area (Å²) in [4.78, 5) is 28.4. The fourth-order valence-electron chi connectivity index (χ4n) is 4.63. The number of nitrogens with one attached hydrogen (secondary N) is 2. The number of furan rings is 1. The number of halogens is 1. The molecule has 1 aliphatic carbocycles. The van der Waals surface area contributed by atoms with Crippen molar-refractivity contribution in [2.45, 2.75) is 32.2 Å². The van der Waals surface area contributed by atoms with Gasteiger partial charge in [-0.2, -0.15) is 0 Å². The molecule has 168 valence electrons. The van der Waals surface area contributed by atoms with Gasteiger partial charge < -0.3 is 20.0 Å². The lowest BCUT2D eigenvalue weighted by Crippen LogP contribution is -2.38. The van der Waals surface area contributed by atoms with E-state index >= 15 is 0 Å². The molecule has 0 radical (unpaired) electrons. The molecule has 33 heavy (non-hydrogen) atoms. The fraction of sp³-hybridized carbons (Fsp3) is 0.231. The number of fused-ring (bicyclic) bond motifs is 1. The van der Waals surface area contributed by atoms with Gasteiger partial charge in [-0.15, -0.1) is 0 Å². The molecule has 1 amide bonds. The average molecular weight is 462 g/mol. The Labute approximate surface area is 197 Å². The lowest BCUT2D eigenvalue weighted by molar-refractivity contribution is -0.117. The molecule has 2 aromatic carbocycles. The number of benzene rings is 2. The minimum Gasteiger partial charge on any atom is -0.467 e. The molecule has 1 aliphatic heterocycles. The first-order valence-corrected chi connectivity index (χ1v) is 11.4. The highest BCUT2D eigenvalue weighted by Gasteiger charge is 2.38. The highest BCUT2D eigenvalue weighted by molar-refractivity contribution is 6.30. The zero-order valence-electron chi connectivity index (χ0n) is 18.2. The first-order valence-electron chi connectivity index (χ1n) is 11.0. The van der Waals surface area contributed by atoms with Crippen molar-refractivity contribution in [3.63, 3.8) is 0 Å². The summed E-state index contributed by atoms with van der Waals surface area (Å²) in [6.45, 7) is 1.94. The summed E-state index contributed by atoms with van der Waals surface area (Å²) in [5, 5.41) is 7.09. The number of carbonyl (C=O) groups excluding carboxylic acids is 2. The molecule has 5 rings (SSSR count). The molecule has 0 saturated carbocycles. The number of nitrogens with zero attached hydrogens (tertiary/aromatic N) is 1. The van der Waals surface area contributed by atoms with Crippen LogP contribution in [0.5, 0.6) is 0 Å². The molecule has 0 unspecified atom stereocenters. The number of rotatable bonds is 4. The van der Waals surface area contributed by atoms with Crippen molar-refractivity contribution in [1.29, 1.82) is 0 Å². The third kappa shape index (κ3) is 4.14. The van der Waals surface area contributed by atoms with E-state index < -0.39 is 6.04 Å². The molecule has 2 heterocycles. The molecule has 3 aromatic rings. The third-order valence-corrected chi connectivity index (χ3v) is 6.36. The Morgan fingerprint density at radius 2 is 2.03 bits per heavy atom. The van der Waals surface area contributed by atoms with Crippen molar-refractivity contribution in [1.82, 2.24) is 0 Å². The predicted octanol–water partition coefficient (Wildman–Crippen LogP) is 5.86. The maximum atomic E-state index is 13.3. The monoisotopic (exact) mass is 461 g/mol. The summed E-state index contributed by atoms with van der Waals surface area (Å²) >= 11 is 6.06. The minimum absolute atomic E-state index is 0.0379. The predicted molar refractivity (Wildman–Crippen MR) is 130 cm³/mol. The Morgan fingerprint density at radius 1 is 1.18 bits per heavy atom. The van der Waals surface area contributed by atoms with Crippen LogP contribution >= 0.6 is 11.6 Å². The van der Waals surface area contributed by atoms with E-state index in [-0.39, 0.29) is 18.2 Å². The number of hydrogen-bond acceptors (Lipinski definition) is 5. The zero-order chi connectivity index (χ0) is 22.9. The zero-order valence-corrected chi connectivity index (χ0v) is 19.0. The molecule has 0 spiro atoms. The van der Waals surface area contributed by atoms with E-state index in [4.69, 9.17) is 16.0 Å². The normalized spacial score (nSPS) is 17.7. The van der Waals surface area contributed by atoms with Gasteiger partial charge in [0.1, 0.15) is 11.8 Å². The Hall–Kier alpha value is -3.51. The number of allylic oxidation sites excluding steroid dienone is 1. The molecule has 6 nitrogen and oxygen atoms in total. The number of amides is 1. The molecule has 2 aliphatic rings. The second-order valence-corrected chi connectivity index (χ2v) is 8.80. The van der Waals surface area contributed by atoms with E-state index in [1.165, 1.54) is 0 Å². The van der Waals surface area contributed by atoms with Crippen molar-refractivity contribution in [2.24, 2.45) is 0 Å². The third-order valence-electron chi connectivity index (χ3n) is 6.13. The van der Waals surface area contributed by atoms with E-state index in [0.717, 1.165) is 35.5 Å². The van der Waals surface area contributed by atoms with Crippen LogP contribution in [0.4, 0.5) is 17.1 Å². The van der Waals surface area contributed by atoms with Crippen LogP contribution in [0, 0.1) is 6.92 Å². The average Bonchev–Trinajstić information content (AvgIpc) is 3.27. The van der Waals surface area contributed by atoms with Crippen LogP contribution < -0.4 is 15.5 Å². The van der Waals surface area contributed by atoms with Crippen LogP contribution in [0.1, 0.15) is 36.6 Å². The number of anilines is 3. The second-order valence-electron chi connectivity index (χ2n) is 8.36. The number of ketones is 1. The standard InChI is InChI=1S/C26H24ClN3O3/c1-16-14-17(27)11-12-18(16)29-24(32)15-30-21-8-3-2-6-19(21)28-20-7-4-9-22(31)25(20)26(30)23-10-5-13-33-23/h2-3,5-6,8,10-14,26,28H,4,7,9,15H2,1H3,(H,29,32)/t26-/m1/s1. The number of hydrogen-bond donors (Lipinski definition) is 2. The van der Waals surface area contributed by atoms with Gasteiger partial charge in [-0.3, -0.25) is 9.59 Å². The van der Waals surface area contributed by atoms with Gasteiger partial charge in [0.2, 0.25) is 5.91 Å². The van der Waals surface area contributed by atoms with Gasteiger partial charge >= 0.3 is 0 Å². The molecule has 1 aromatic heterocycles. The lowest BCUT2D eigenvalue weighted by Gasteiger charge is -2.33. The van der Waals surface area contributed by atoms with Gasteiger partial charge in [-0.05, 0) is 67.8 Å². The van der Waals surface area contributed by atoms with Crippen LogP contribution in [0.25, 0.3) is 0 Å². The smallest absolute Gasteiger partial charge is 0.243 e. The SMILES string of the molecule is Cc1cc(Cl)ccc1NC(=O)CN1c2ccccc2NC2=C(C(=O)CCC2)[C@H]1c1ccco1. The van der Waals surface area contributed by atoms with Crippen LogP contribution in [-0.2, 0) is 9.59 Å². The first-order chi connectivity index (χ1) is 16.0. The number of aryl methyl sites for hydroxylation is 1. The van der Waals surface area contributed by atoms with E-state index in [0.29, 0.717) is 28.5 Å². The summed E-state index contributed by atoms with van der Waals surface area (Å²) in [5.74, 6) is 0.516. The quantitative estimate of drug-likeness (QED) is 0.509. The summed E-state index contributed by atoms with van der Waals surface area (Å²) in [7, 11) is 0. The molecule has 0 bridgehead atoms. The van der Waals surface area contributed by atoms with E-state index in [9.17, 15) is 9.59 Å². The van der Waals surface area contributed by atoms with Crippen molar-refractivity contribution < 1.29 is 14.0 Å². The van der Waals surface area contributed by atoms with Gasteiger partial charge in [0.05, 0.1) is 24.2 Å². The Balaban J connectivity index is 1.57. The first kappa shape index (κ1) is 21.3. The van der Waals surface area contributed by atoms with Crippen molar-refractivity contribution in [3.8, 4) is 0 Å². The molecule has 1 atom stereocenters. The number of carbonyl (C=O) groups is 2. The summed E-state index contributed by atoms with van der Waals surface area (Å²) < 4.78 is 5.80. The van der Waals surface area contributed by atoms with Crippen molar-refractivity contribution in [3.05, 3.63) is 88.5 Å². The maximum Gasteiger partial charge on any atom is 0.243 e. The van der Waals surface area contributed by atoms with Gasteiger partial charge in [-0.1, -0.05) is 23.7 Å². The molecular formula is C26H24ClN3O3. The van der Waals surface area contributed by atoms with Crippen LogP contribution in [0.15, 0.2) is 76.5 Å². The number of para-hydroxylation sites is 2. The highest BCUT2D eigenvalue weighted by atomic mass is 35.5. The molecular weight excluding hydrogens is 438 g/mol. The van der Waals surface area contributed by atoms with E-state index in [1.54, 1.807) is 18.4 Å². The number of Topliss-reactive ketones (excluding diaryl/α,β-unsaturated/α-hetero) is 1. The largest absolute Gasteiger partial charge is 0.467 e. The Morgan fingerprint density at radius 3 is 2.82 bits per heavy atom. The topological polar surface area (TPSA) is 74.6 Å². The molecule has 7 heteroatoms. The summed E-state index contributed by atoms with van der Waals surface area (Å²) in [5.41, 5.74) is 4.85. The van der Waals surface area contributed by atoms with Gasteiger partial charge in [-0.25, -0.2) is 0 Å². The van der Waals surface area contributed by atoms with Gasteiger partial charge in [0, 0.05) is 28.4 Å². The van der Waals surface area contributed by atoms with Gasteiger partial charge in [0.15, 0.2) is 5.78 Å².